The molecular formula is C14H25NO11. The molecule has 2 unspecified atom stereocenters. The zero-order valence-corrected chi connectivity index (χ0v) is 13.9. The topological polar surface area (TPSA) is 209 Å². The SMILES string of the molecule is CC(=O)N[C@H]1C(O)O[C@H](CO)[C@](O)(C2O[C@H](CO)[C@@H](O)[C@H](O)[C@@H]2O)[C@@H]1O. The number of aliphatic hydroxyl groups excluding tert-OH is 7. The van der Waals surface area contributed by atoms with Gasteiger partial charge in [0.1, 0.15) is 54.4 Å². The highest BCUT2D eigenvalue weighted by Gasteiger charge is 2.64. The molecule has 26 heavy (non-hydrogen) atoms. The second-order valence-electron chi connectivity index (χ2n) is 6.51. The van der Waals surface area contributed by atoms with Crippen molar-refractivity contribution in [2.45, 2.75) is 67.6 Å². The average molecular weight is 383 g/mol. The van der Waals surface area contributed by atoms with Crippen molar-refractivity contribution in [3.63, 3.8) is 0 Å². The van der Waals surface area contributed by atoms with Crippen LogP contribution >= 0.6 is 0 Å². The number of nitrogens with one attached hydrogen (secondary N) is 1. The van der Waals surface area contributed by atoms with Crippen LogP contribution in [0, 0.1) is 0 Å². The molecule has 2 aliphatic heterocycles. The highest BCUT2D eigenvalue weighted by atomic mass is 16.6. The van der Waals surface area contributed by atoms with Crippen molar-refractivity contribution in [3.05, 3.63) is 0 Å². The van der Waals surface area contributed by atoms with E-state index in [0.717, 1.165) is 6.92 Å². The van der Waals surface area contributed by atoms with Crippen LogP contribution in [0.2, 0.25) is 0 Å². The van der Waals surface area contributed by atoms with Gasteiger partial charge in [-0.2, -0.15) is 0 Å². The van der Waals surface area contributed by atoms with Gasteiger partial charge in [0, 0.05) is 6.92 Å². The first-order chi connectivity index (χ1) is 12.1. The molecule has 2 fully saturated rings. The van der Waals surface area contributed by atoms with Crippen LogP contribution in [-0.2, 0) is 14.3 Å². The Morgan fingerprint density at radius 2 is 1.62 bits per heavy atom. The van der Waals surface area contributed by atoms with Crippen LogP contribution in [-0.4, -0.2) is 121 Å². The average Bonchev–Trinajstić information content (AvgIpc) is 2.59. The van der Waals surface area contributed by atoms with Gasteiger partial charge in [-0.1, -0.05) is 0 Å². The summed E-state index contributed by atoms with van der Waals surface area (Å²) in [5.74, 6) is -0.671. The van der Waals surface area contributed by atoms with Gasteiger partial charge in [-0.15, -0.1) is 0 Å². The maximum Gasteiger partial charge on any atom is 0.217 e. The molecule has 0 aromatic rings. The van der Waals surface area contributed by atoms with E-state index < -0.39 is 79.8 Å². The Bertz CT molecular complexity index is 505. The van der Waals surface area contributed by atoms with Crippen LogP contribution < -0.4 is 5.32 Å². The fourth-order valence-corrected chi connectivity index (χ4v) is 3.41. The third kappa shape index (κ3) is 3.45. The van der Waals surface area contributed by atoms with E-state index in [0.29, 0.717) is 0 Å². The zero-order chi connectivity index (χ0) is 19.8. The summed E-state index contributed by atoms with van der Waals surface area (Å²) >= 11 is 0. The molecule has 10 atom stereocenters. The van der Waals surface area contributed by atoms with E-state index in [1.165, 1.54) is 0 Å². The molecule has 12 nitrogen and oxygen atoms in total. The lowest BCUT2D eigenvalue weighted by Crippen LogP contribution is -2.78. The fraction of sp³-hybridized carbons (Fsp3) is 0.929. The maximum atomic E-state index is 11.3. The van der Waals surface area contributed by atoms with E-state index in [1.807, 2.05) is 0 Å². The van der Waals surface area contributed by atoms with Crippen molar-refractivity contribution in [2.75, 3.05) is 13.2 Å². The summed E-state index contributed by atoms with van der Waals surface area (Å²) in [6, 6.07) is -1.55. The van der Waals surface area contributed by atoms with Gasteiger partial charge in [0.15, 0.2) is 6.29 Å². The summed E-state index contributed by atoms with van der Waals surface area (Å²) in [6.45, 7) is -0.618. The number of hydrogen-bond acceptors (Lipinski definition) is 11. The molecule has 0 bridgehead atoms. The van der Waals surface area contributed by atoms with E-state index in [4.69, 9.17) is 9.47 Å². The second-order valence-corrected chi connectivity index (χ2v) is 6.51. The van der Waals surface area contributed by atoms with Gasteiger partial charge in [0.25, 0.3) is 0 Å². The highest BCUT2D eigenvalue weighted by Crippen LogP contribution is 2.38. The van der Waals surface area contributed by atoms with Crippen LogP contribution in [0.1, 0.15) is 6.92 Å². The monoisotopic (exact) mass is 383 g/mol. The molecule has 0 aromatic carbocycles. The summed E-state index contributed by atoms with van der Waals surface area (Å²) in [7, 11) is 0. The molecule has 2 aliphatic rings. The molecule has 1 amide bonds. The predicted molar refractivity (Wildman–Crippen MR) is 80.3 cm³/mol. The molecule has 0 aromatic heterocycles. The van der Waals surface area contributed by atoms with Crippen molar-refractivity contribution in [1.82, 2.24) is 5.32 Å². The Kier molecular flexibility index (Phi) is 6.56. The number of aliphatic hydroxyl groups is 8. The minimum Gasteiger partial charge on any atom is -0.394 e. The molecular weight excluding hydrogens is 358 g/mol. The van der Waals surface area contributed by atoms with E-state index in [1.54, 1.807) is 0 Å². The molecule has 2 heterocycles. The molecule has 9 N–H and O–H groups in total. The minimum absolute atomic E-state index is 0.671. The molecule has 0 aliphatic carbocycles. The number of hydrogen-bond donors (Lipinski definition) is 9. The van der Waals surface area contributed by atoms with Gasteiger partial charge in [0.05, 0.1) is 13.2 Å². The second kappa shape index (κ2) is 7.98. The van der Waals surface area contributed by atoms with E-state index >= 15 is 0 Å². The van der Waals surface area contributed by atoms with Gasteiger partial charge in [-0.3, -0.25) is 4.79 Å². The third-order valence-corrected chi connectivity index (χ3v) is 4.82. The van der Waals surface area contributed by atoms with Crippen molar-refractivity contribution in [1.29, 1.82) is 0 Å². The number of ether oxygens (including phenoxy) is 2. The molecule has 0 radical (unpaired) electrons. The number of amides is 1. The van der Waals surface area contributed by atoms with Crippen LogP contribution in [0.4, 0.5) is 0 Å². The Morgan fingerprint density at radius 3 is 2.12 bits per heavy atom. The Morgan fingerprint density at radius 1 is 1.00 bits per heavy atom. The zero-order valence-electron chi connectivity index (χ0n) is 13.9. The summed E-state index contributed by atoms with van der Waals surface area (Å²) in [4.78, 5) is 11.3. The van der Waals surface area contributed by atoms with Crippen molar-refractivity contribution >= 4 is 5.91 Å². The standard InChI is InChI=1S/C14H25NO11/c1-4(18)15-7-11(22)14(24,6(3-17)26-13(7)23)12-10(21)9(20)8(19)5(2-16)25-12/h5-13,16-17,19-24H,2-3H2,1H3,(H,15,18)/t5-,6-,7-,8-,9+,10+,11-,12?,13?,14-/m1/s1. The van der Waals surface area contributed by atoms with Crippen LogP contribution in [0.25, 0.3) is 0 Å². The lowest BCUT2D eigenvalue weighted by Gasteiger charge is -2.54. The first kappa shape index (κ1) is 21.4. The van der Waals surface area contributed by atoms with E-state index in [9.17, 15) is 45.6 Å². The van der Waals surface area contributed by atoms with Gasteiger partial charge < -0.3 is 55.6 Å². The Hall–Kier alpha value is -0.930. The molecule has 2 rings (SSSR count). The van der Waals surface area contributed by atoms with Crippen molar-refractivity contribution in [3.8, 4) is 0 Å². The summed E-state index contributed by atoms with van der Waals surface area (Å²) < 4.78 is 10.3. The number of carbonyl (C=O) groups excluding carboxylic acids is 1. The quantitative estimate of drug-likeness (QED) is 0.223. The summed E-state index contributed by atoms with van der Waals surface area (Å²) in [6.07, 6.45) is -14.2. The van der Waals surface area contributed by atoms with E-state index in [-0.39, 0.29) is 0 Å². The smallest absolute Gasteiger partial charge is 0.217 e. The minimum atomic E-state index is -2.62. The van der Waals surface area contributed by atoms with E-state index in [2.05, 4.69) is 5.32 Å². The number of rotatable bonds is 4. The highest BCUT2D eigenvalue weighted by molar-refractivity contribution is 5.73. The molecule has 0 spiro atoms. The first-order valence-corrected chi connectivity index (χ1v) is 8.02. The van der Waals surface area contributed by atoms with Gasteiger partial charge in [-0.25, -0.2) is 0 Å². The lowest BCUT2D eigenvalue weighted by molar-refractivity contribution is -0.350. The first-order valence-electron chi connectivity index (χ1n) is 8.02. The molecule has 152 valence electrons. The predicted octanol–water partition coefficient (Wildman–Crippen LogP) is -5.86. The normalized spacial score (nSPS) is 49.7. The van der Waals surface area contributed by atoms with Gasteiger partial charge in [0.2, 0.25) is 5.91 Å². The van der Waals surface area contributed by atoms with Crippen molar-refractivity contribution in [2.24, 2.45) is 0 Å². The summed E-state index contributed by atoms with van der Waals surface area (Å²) in [5.41, 5.74) is -2.62. The third-order valence-electron chi connectivity index (χ3n) is 4.82. The Balaban J connectivity index is 2.41. The Labute approximate surface area is 148 Å². The van der Waals surface area contributed by atoms with Gasteiger partial charge in [-0.05, 0) is 0 Å². The van der Waals surface area contributed by atoms with Crippen molar-refractivity contribution < 1.29 is 55.1 Å². The van der Waals surface area contributed by atoms with Gasteiger partial charge >= 0.3 is 0 Å². The number of carbonyl (C=O) groups is 1. The lowest BCUT2D eigenvalue weighted by atomic mass is 9.74. The maximum absolute atomic E-state index is 11.3. The van der Waals surface area contributed by atoms with Crippen LogP contribution in [0.5, 0.6) is 0 Å². The fourth-order valence-electron chi connectivity index (χ4n) is 3.41. The molecule has 2 saturated heterocycles. The largest absolute Gasteiger partial charge is 0.394 e. The summed E-state index contributed by atoms with van der Waals surface area (Å²) in [5, 5.41) is 82.5. The molecule has 0 saturated carbocycles. The van der Waals surface area contributed by atoms with Crippen LogP contribution in [0.3, 0.4) is 0 Å². The van der Waals surface area contributed by atoms with Crippen LogP contribution in [0.15, 0.2) is 0 Å². The molecule has 12 heteroatoms.